The summed E-state index contributed by atoms with van der Waals surface area (Å²) < 4.78 is 23.6. The molecule has 0 fully saturated rings. The van der Waals surface area contributed by atoms with Gasteiger partial charge in [0.1, 0.15) is 0 Å². The zero-order valence-corrected chi connectivity index (χ0v) is 13.9. The molecule has 0 saturated carbocycles. The zero-order valence-electron chi connectivity index (χ0n) is 12.3. The molecule has 0 bridgehead atoms. The highest BCUT2D eigenvalue weighted by Crippen LogP contribution is 2.24. The lowest BCUT2D eigenvalue weighted by atomic mass is 10.2. The minimum absolute atomic E-state index is 0.0407. The molecule has 0 aromatic heterocycles. The van der Waals surface area contributed by atoms with Crippen LogP contribution in [0.1, 0.15) is 6.42 Å². The third kappa shape index (κ3) is 5.04. The first kappa shape index (κ1) is 16.8. The second kappa shape index (κ2) is 8.20. The SMILES string of the molecule is O=S(=O)(CCCl)CCCN(c1c[c]ccc1)c1ccccc1. The molecule has 2 aromatic carbocycles. The molecular formula is C17H19ClNO2S. The highest BCUT2D eigenvalue weighted by Gasteiger charge is 2.13. The van der Waals surface area contributed by atoms with Crippen molar-refractivity contribution in [1.29, 1.82) is 0 Å². The molecule has 0 spiro atoms. The van der Waals surface area contributed by atoms with Gasteiger partial charge in [0.2, 0.25) is 0 Å². The van der Waals surface area contributed by atoms with E-state index in [2.05, 4.69) is 11.0 Å². The monoisotopic (exact) mass is 336 g/mol. The van der Waals surface area contributed by atoms with E-state index in [0.29, 0.717) is 13.0 Å². The lowest BCUT2D eigenvalue weighted by Crippen LogP contribution is -2.22. The largest absolute Gasteiger partial charge is 0.341 e. The minimum Gasteiger partial charge on any atom is -0.341 e. The van der Waals surface area contributed by atoms with Crippen LogP contribution < -0.4 is 4.90 Å². The van der Waals surface area contributed by atoms with Gasteiger partial charge >= 0.3 is 0 Å². The molecule has 3 nitrogen and oxygen atoms in total. The molecule has 0 aliphatic rings. The fourth-order valence-electron chi connectivity index (χ4n) is 2.23. The minimum atomic E-state index is -3.06. The van der Waals surface area contributed by atoms with E-state index in [-0.39, 0.29) is 17.4 Å². The van der Waals surface area contributed by atoms with E-state index in [1.54, 1.807) is 0 Å². The number of benzene rings is 2. The second-order valence-electron chi connectivity index (χ2n) is 4.94. The Bertz CT molecular complexity index is 620. The molecule has 0 saturated heterocycles. The van der Waals surface area contributed by atoms with Gasteiger partial charge in [0.15, 0.2) is 9.84 Å². The average molecular weight is 337 g/mol. The fraction of sp³-hybridized carbons (Fsp3) is 0.294. The molecule has 0 aliphatic heterocycles. The fourth-order valence-corrected chi connectivity index (χ4v) is 3.94. The molecule has 117 valence electrons. The van der Waals surface area contributed by atoms with Crippen molar-refractivity contribution in [2.24, 2.45) is 0 Å². The Morgan fingerprint density at radius 2 is 1.73 bits per heavy atom. The van der Waals surface area contributed by atoms with E-state index in [0.717, 1.165) is 11.4 Å². The maximum atomic E-state index is 11.8. The molecule has 0 amide bonds. The molecular weight excluding hydrogens is 318 g/mol. The molecule has 0 atom stereocenters. The van der Waals surface area contributed by atoms with Gasteiger partial charge in [0.05, 0.1) is 11.5 Å². The van der Waals surface area contributed by atoms with Gasteiger partial charge in [-0.3, -0.25) is 0 Å². The maximum absolute atomic E-state index is 11.8. The summed E-state index contributed by atoms with van der Waals surface area (Å²) in [6.07, 6.45) is 0.559. The van der Waals surface area contributed by atoms with Crippen LogP contribution in [0, 0.1) is 6.07 Å². The molecule has 5 heteroatoms. The summed E-state index contributed by atoms with van der Waals surface area (Å²) in [5.41, 5.74) is 2.04. The number of hydrogen-bond donors (Lipinski definition) is 0. The Morgan fingerprint density at radius 1 is 1.00 bits per heavy atom. The second-order valence-corrected chi connectivity index (χ2v) is 7.62. The summed E-state index contributed by atoms with van der Waals surface area (Å²) in [7, 11) is -3.06. The lowest BCUT2D eigenvalue weighted by molar-refractivity contribution is 0.595. The van der Waals surface area contributed by atoms with Gasteiger partial charge in [-0.1, -0.05) is 30.3 Å². The van der Waals surface area contributed by atoms with Gasteiger partial charge in [-0.2, -0.15) is 0 Å². The standard InChI is InChI=1S/C17H19ClNO2S/c18-12-15-22(20,21)14-7-13-19(16-8-3-1-4-9-16)17-10-5-2-6-11-17/h1-5,8-11H,7,12-15H2. The quantitative estimate of drug-likeness (QED) is 0.690. The number of sulfone groups is 1. The van der Waals surface area contributed by atoms with Crippen LogP contribution in [0.5, 0.6) is 0 Å². The third-order valence-corrected chi connectivity index (χ3v) is 5.45. The van der Waals surface area contributed by atoms with E-state index < -0.39 is 9.84 Å². The van der Waals surface area contributed by atoms with Gasteiger partial charge in [0.25, 0.3) is 0 Å². The van der Waals surface area contributed by atoms with Gasteiger partial charge in [-0.05, 0) is 36.8 Å². The van der Waals surface area contributed by atoms with Crippen molar-refractivity contribution in [3.8, 4) is 0 Å². The number of alkyl halides is 1. The number of halogens is 1. The number of rotatable bonds is 8. The highest BCUT2D eigenvalue weighted by molar-refractivity contribution is 7.91. The number of hydrogen-bond acceptors (Lipinski definition) is 3. The first-order chi connectivity index (χ1) is 10.6. The molecule has 2 rings (SSSR count). The lowest BCUT2D eigenvalue weighted by Gasteiger charge is -2.25. The third-order valence-electron chi connectivity index (χ3n) is 3.30. The Balaban J connectivity index is 2.10. The van der Waals surface area contributed by atoms with Crippen LogP contribution in [0.3, 0.4) is 0 Å². The average Bonchev–Trinajstić information content (AvgIpc) is 2.53. The van der Waals surface area contributed by atoms with Crippen LogP contribution in [0.25, 0.3) is 0 Å². The Labute approximate surface area is 137 Å². The van der Waals surface area contributed by atoms with Gasteiger partial charge in [-0.25, -0.2) is 8.42 Å². The van der Waals surface area contributed by atoms with Gasteiger partial charge in [-0.15, -0.1) is 11.6 Å². The van der Waals surface area contributed by atoms with E-state index in [4.69, 9.17) is 11.6 Å². The predicted octanol–water partition coefficient (Wildman–Crippen LogP) is 3.67. The van der Waals surface area contributed by atoms with Gasteiger partial charge < -0.3 is 4.90 Å². The summed E-state index contributed by atoms with van der Waals surface area (Å²) in [5.74, 6) is 0.344. The van der Waals surface area contributed by atoms with E-state index >= 15 is 0 Å². The van der Waals surface area contributed by atoms with Crippen molar-refractivity contribution < 1.29 is 8.42 Å². The van der Waals surface area contributed by atoms with Crippen LogP contribution in [0.15, 0.2) is 54.6 Å². The molecule has 2 aromatic rings. The predicted molar refractivity (Wildman–Crippen MR) is 92.7 cm³/mol. The van der Waals surface area contributed by atoms with Crippen LogP contribution in [-0.2, 0) is 9.84 Å². The summed E-state index contributed by atoms with van der Waals surface area (Å²) in [4.78, 5) is 2.10. The Kier molecular flexibility index (Phi) is 6.28. The summed E-state index contributed by atoms with van der Waals surface area (Å²) >= 11 is 5.53. The summed E-state index contributed by atoms with van der Waals surface area (Å²) in [5, 5.41) is 0. The normalized spacial score (nSPS) is 11.3. The summed E-state index contributed by atoms with van der Waals surface area (Å²) in [6, 6.07) is 20.7. The molecule has 0 unspecified atom stereocenters. The van der Waals surface area contributed by atoms with E-state index in [9.17, 15) is 8.42 Å². The van der Waals surface area contributed by atoms with Crippen LogP contribution in [0.4, 0.5) is 11.4 Å². The van der Waals surface area contributed by atoms with Gasteiger partial charge in [0, 0.05) is 23.8 Å². The highest BCUT2D eigenvalue weighted by atomic mass is 35.5. The number of anilines is 2. The first-order valence-corrected chi connectivity index (χ1v) is 9.53. The summed E-state index contributed by atoms with van der Waals surface area (Å²) in [6.45, 7) is 0.628. The molecule has 0 heterocycles. The van der Waals surface area contributed by atoms with Crippen molar-refractivity contribution in [3.05, 3.63) is 60.7 Å². The van der Waals surface area contributed by atoms with Crippen molar-refractivity contribution in [3.63, 3.8) is 0 Å². The Hall–Kier alpha value is -1.52. The smallest absolute Gasteiger partial charge is 0.151 e. The molecule has 1 radical (unpaired) electrons. The van der Waals surface area contributed by atoms with Crippen molar-refractivity contribution in [2.45, 2.75) is 6.42 Å². The van der Waals surface area contributed by atoms with Crippen molar-refractivity contribution in [2.75, 3.05) is 28.8 Å². The topological polar surface area (TPSA) is 37.4 Å². The molecule has 0 aliphatic carbocycles. The number of para-hydroxylation sites is 1. The molecule has 0 N–H and O–H groups in total. The van der Waals surface area contributed by atoms with Crippen LogP contribution >= 0.6 is 11.6 Å². The van der Waals surface area contributed by atoms with Crippen LogP contribution in [-0.4, -0.2) is 32.3 Å². The number of nitrogens with zero attached hydrogens (tertiary/aromatic N) is 1. The van der Waals surface area contributed by atoms with Crippen molar-refractivity contribution in [1.82, 2.24) is 0 Å². The Morgan fingerprint density at radius 3 is 2.36 bits per heavy atom. The van der Waals surface area contributed by atoms with Crippen molar-refractivity contribution >= 4 is 32.8 Å². The van der Waals surface area contributed by atoms with E-state index in [1.165, 1.54) is 0 Å². The first-order valence-electron chi connectivity index (χ1n) is 7.17. The van der Waals surface area contributed by atoms with Crippen LogP contribution in [0.2, 0.25) is 0 Å². The molecule has 22 heavy (non-hydrogen) atoms. The maximum Gasteiger partial charge on any atom is 0.151 e. The zero-order chi connectivity index (χ0) is 15.8. The van der Waals surface area contributed by atoms with E-state index in [1.807, 2.05) is 54.6 Å².